The third-order valence-electron chi connectivity index (χ3n) is 7.06. The molecule has 15 heteroatoms. The van der Waals surface area contributed by atoms with Crippen molar-refractivity contribution in [3.63, 3.8) is 0 Å². The monoisotopic (exact) mass is 561 g/mol. The first-order valence-corrected chi connectivity index (χ1v) is 12.0. The molecule has 2 N–H and O–H groups in total. The lowest BCUT2D eigenvalue weighted by molar-refractivity contribution is -0.189. The summed E-state index contributed by atoms with van der Waals surface area (Å²) in [6.07, 6.45) is -4.92. The van der Waals surface area contributed by atoms with E-state index in [1.54, 1.807) is 17.8 Å². The maximum atomic E-state index is 13.9. The predicted molar refractivity (Wildman–Crippen MR) is 130 cm³/mol. The Balaban J connectivity index is 1.39. The van der Waals surface area contributed by atoms with Gasteiger partial charge in [0.25, 0.3) is 11.8 Å². The van der Waals surface area contributed by atoms with Gasteiger partial charge in [0.15, 0.2) is 0 Å². The van der Waals surface area contributed by atoms with Gasteiger partial charge in [0, 0.05) is 24.2 Å². The molecular weight excluding hydrogens is 541 g/mol. The lowest BCUT2D eigenvalue weighted by atomic mass is 9.77. The molecule has 0 bridgehead atoms. The zero-order valence-corrected chi connectivity index (χ0v) is 20.7. The number of nitrogen functional groups attached to an aromatic ring is 1. The average molecular weight is 561 g/mol. The van der Waals surface area contributed by atoms with Crippen LogP contribution in [0.3, 0.4) is 0 Å². The van der Waals surface area contributed by atoms with E-state index in [9.17, 15) is 31.5 Å². The third-order valence-corrected chi connectivity index (χ3v) is 7.06. The summed E-state index contributed by atoms with van der Waals surface area (Å²) in [5.74, 6) is -3.51. The maximum Gasteiger partial charge on any atom is 0.429 e. The van der Waals surface area contributed by atoms with Crippen molar-refractivity contribution in [2.24, 2.45) is 7.05 Å². The summed E-state index contributed by atoms with van der Waals surface area (Å²) in [5.41, 5.74) is 4.75. The summed E-state index contributed by atoms with van der Waals surface area (Å²) in [6, 6.07) is 6.39. The van der Waals surface area contributed by atoms with Crippen molar-refractivity contribution >= 4 is 39.6 Å². The minimum atomic E-state index is -4.62. The Hall–Kier alpha value is -4.56. The molecule has 6 rings (SSSR count). The maximum absolute atomic E-state index is 13.9. The van der Waals surface area contributed by atoms with Crippen LogP contribution in [0.5, 0.6) is 0 Å². The molecule has 2 fully saturated rings. The Kier molecular flexibility index (Phi) is 5.44. The Labute approximate surface area is 222 Å². The number of hydrogen-bond donors (Lipinski definition) is 1. The van der Waals surface area contributed by atoms with E-state index in [2.05, 4.69) is 15.1 Å². The van der Waals surface area contributed by atoms with Crippen molar-refractivity contribution < 1.29 is 36.3 Å². The van der Waals surface area contributed by atoms with Crippen molar-refractivity contribution in [1.82, 2.24) is 29.8 Å². The molecule has 1 saturated heterocycles. The molecule has 0 unspecified atom stereocenters. The van der Waals surface area contributed by atoms with Gasteiger partial charge < -0.3 is 10.5 Å². The van der Waals surface area contributed by atoms with Crippen molar-refractivity contribution in [2.45, 2.75) is 37.1 Å². The summed E-state index contributed by atoms with van der Waals surface area (Å²) < 4.78 is 73.3. The molecule has 208 valence electrons. The number of benzene rings is 1. The van der Waals surface area contributed by atoms with E-state index in [0.29, 0.717) is 28.0 Å². The van der Waals surface area contributed by atoms with Crippen LogP contribution in [0.4, 0.5) is 32.6 Å². The van der Waals surface area contributed by atoms with Crippen molar-refractivity contribution in [2.75, 3.05) is 12.3 Å². The lowest BCUT2D eigenvalue weighted by Crippen LogP contribution is -2.56. The number of carbonyl (C=O) groups excluding carboxylic acids is 2. The highest BCUT2D eigenvalue weighted by atomic mass is 19.4. The number of amides is 2. The quantitative estimate of drug-likeness (QED) is 0.369. The van der Waals surface area contributed by atoms with E-state index in [0.717, 1.165) is 22.2 Å². The second-order valence-corrected chi connectivity index (χ2v) is 9.98. The SMILES string of the molecule is Cn1ncc2c(N)nc3ccc(C(=O)N(Cc4ccc(C(F)(F)F)cn4)N4CC5(CC(F)(F)C5)OC4=O)cc3c21. The van der Waals surface area contributed by atoms with Gasteiger partial charge in [-0.25, -0.2) is 28.6 Å². The lowest BCUT2D eigenvalue weighted by Gasteiger charge is -2.42. The van der Waals surface area contributed by atoms with Crippen LogP contribution >= 0.6 is 0 Å². The van der Waals surface area contributed by atoms with Gasteiger partial charge in [0.05, 0.1) is 59.8 Å². The zero-order valence-electron chi connectivity index (χ0n) is 20.7. The molecule has 1 aliphatic carbocycles. The van der Waals surface area contributed by atoms with Crippen molar-refractivity contribution in [3.8, 4) is 0 Å². The van der Waals surface area contributed by atoms with E-state index in [-0.39, 0.29) is 23.6 Å². The van der Waals surface area contributed by atoms with Gasteiger partial charge in [0.2, 0.25) is 0 Å². The van der Waals surface area contributed by atoms with Gasteiger partial charge in [-0.2, -0.15) is 18.3 Å². The second kappa shape index (κ2) is 8.47. The van der Waals surface area contributed by atoms with E-state index >= 15 is 0 Å². The topological polar surface area (TPSA) is 119 Å². The van der Waals surface area contributed by atoms with Crippen molar-refractivity contribution in [3.05, 3.63) is 59.5 Å². The van der Waals surface area contributed by atoms with E-state index < -0.39 is 54.7 Å². The fourth-order valence-corrected chi connectivity index (χ4v) is 5.21. The first-order chi connectivity index (χ1) is 18.8. The fourth-order valence-electron chi connectivity index (χ4n) is 5.21. The molecule has 0 atom stereocenters. The molecule has 0 radical (unpaired) electrons. The third kappa shape index (κ3) is 4.21. The number of hydrazine groups is 1. The molecule has 1 aliphatic heterocycles. The number of carbonyl (C=O) groups is 2. The van der Waals surface area contributed by atoms with Crippen LogP contribution in [-0.2, 0) is 24.5 Å². The van der Waals surface area contributed by atoms with Crippen molar-refractivity contribution in [1.29, 1.82) is 0 Å². The van der Waals surface area contributed by atoms with Crippen LogP contribution in [0.15, 0.2) is 42.7 Å². The zero-order chi connectivity index (χ0) is 28.6. The standard InChI is InChI=1S/C25H20F5N7O3/c1-35-19-16-6-13(2-5-18(16)34-20(31)17(19)8-33-35)21(38)36(9-15-4-3-14(7-32-15)25(28,29)30)37-12-23(40-22(37)39)10-24(26,27)11-23/h2-8H,9-12H2,1H3,(H2,31,34). The number of pyridine rings is 2. The smallest absolute Gasteiger partial charge is 0.429 e. The van der Waals surface area contributed by atoms with Crippen LogP contribution in [0.25, 0.3) is 21.8 Å². The minimum Gasteiger partial charge on any atom is -0.439 e. The molecule has 4 heterocycles. The minimum absolute atomic E-state index is 0.0262. The Bertz CT molecular complexity index is 1680. The van der Waals surface area contributed by atoms with Gasteiger partial charge in [-0.15, -0.1) is 0 Å². The summed E-state index contributed by atoms with van der Waals surface area (Å²) in [5, 5.41) is 7.11. The molecule has 1 aromatic carbocycles. The predicted octanol–water partition coefficient (Wildman–Crippen LogP) is 4.30. The number of anilines is 1. The normalized spacial score (nSPS) is 17.9. The Morgan fingerprint density at radius 3 is 2.55 bits per heavy atom. The molecule has 2 amide bonds. The molecule has 2 aliphatic rings. The van der Waals surface area contributed by atoms with Crippen LogP contribution in [0.2, 0.25) is 0 Å². The van der Waals surface area contributed by atoms with E-state index in [4.69, 9.17) is 10.5 Å². The summed E-state index contributed by atoms with van der Waals surface area (Å²) in [4.78, 5) is 34.9. The summed E-state index contributed by atoms with van der Waals surface area (Å²) in [6.45, 7) is -0.775. The molecule has 4 aromatic rings. The van der Waals surface area contributed by atoms with E-state index in [1.807, 2.05) is 0 Å². The average Bonchev–Trinajstić information content (AvgIpc) is 3.41. The van der Waals surface area contributed by atoms with E-state index in [1.165, 1.54) is 18.3 Å². The van der Waals surface area contributed by atoms with Gasteiger partial charge >= 0.3 is 12.3 Å². The second-order valence-electron chi connectivity index (χ2n) is 9.98. The number of hydrogen-bond acceptors (Lipinski definition) is 7. The number of rotatable bonds is 4. The highest BCUT2D eigenvalue weighted by Crippen LogP contribution is 2.51. The number of aromatic nitrogens is 4. The Morgan fingerprint density at radius 2 is 1.90 bits per heavy atom. The number of alkyl halides is 5. The first-order valence-electron chi connectivity index (χ1n) is 12.0. The molecular formula is C25H20F5N7O3. The first kappa shape index (κ1) is 25.7. The van der Waals surface area contributed by atoms with Gasteiger partial charge in [0.1, 0.15) is 11.4 Å². The number of ether oxygens (including phenoxy) is 1. The number of halogens is 5. The molecule has 40 heavy (non-hydrogen) atoms. The molecule has 3 aromatic heterocycles. The molecule has 10 nitrogen and oxygen atoms in total. The molecule has 1 spiro atoms. The molecule has 1 saturated carbocycles. The summed E-state index contributed by atoms with van der Waals surface area (Å²) in [7, 11) is 1.69. The van der Waals surface area contributed by atoms with Gasteiger partial charge in [-0.1, -0.05) is 0 Å². The number of fused-ring (bicyclic) bond motifs is 3. The van der Waals surface area contributed by atoms with Gasteiger partial charge in [-0.3, -0.25) is 14.5 Å². The number of aryl methyl sites for hydroxylation is 1. The van der Waals surface area contributed by atoms with Crippen LogP contribution in [0, 0.1) is 0 Å². The fraction of sp³-hybridized carbons (Fsp3) is 0.320. The highest BCUT2D eigenvalue weighted by molar-refractivity contribution is 6.10. The number of nitrogens with zero attached hydrogens (tertiary/aromatic N) is 6. The largest absolute Gasteiger partial charge is 0.439 e. The van der Waals surface area contributed by atoms with Crippen LogP contribution in [0.1, 0.15) is 34.5 Å². The summed E-state index contributed by atoms with van der Waals surface area (Å²) >= 11 is 0. The van der Waals surface area contributed by atoms with Crippen LogP contribution in [-0.4, -0.2) is 59.8 Å². The highest BCUT2D eigenvalue weighted by Gasteiger charge is 2.64. The number of nitrogens with two attached hydrogens (primary N) is 1. The van der Waals surface area contributed by atoms with Crippen LogP contribution < -0.4 is 5.73 Å². The Morgan fingerprint density at radius 1 is 1.15 bits per heavy atom. The van der Waals surface area contributed by atoms with Gasteiger partial charge in [-0.05, 0) is 30.3 Å².